The third kappa shape index (κ3) is 7.56. The number of nitrogens with zero attached hydrogens (tertiary/aromatic N) is 4. The normalized spacial score (nSPS) is 11.0. The number of aryl methyl sites for hydroxylation is 2. The Bertz CT molecular complexity index is 2330. The van der Waals surface area contributed by atoms with Crippen LogP contribution in [0, 0.1) is 13.8 Å². The van der Waals surface area contributed by atoms with Crippen molar-refractivity contribution in [2.45, 2.75) is 20.8 Å². The summed E-state index contributed by atoms with van der Waals surface area (Å²) in [5, 5.41) is 2.51. The standard InChI is InChI=1S/C36H29N3.C11H9N/c1-4-13-28-23-33(32-19-12-11-18-31(32)25(28)3)29-20-24(2)21-30(22-29)36-38-34(26-14-7-5-8-15-26)37-35(39-36)27-16-9-6-10-17-27;1-2-6-10(7-3-1)11-8-4-5-9-12-11/h4-23H,1-3H3;1-9H/b13-4-;. The minimum Gasteiger partial charge on any atom is -0.256 e. The van der Waals surface area contributed by atoms with Gasteiger partial charge in [-0.25, -0.2) is 15.0 Å². The van der Waals surface area contributed by atoms with E-state index in [0.717, 1.165) is 39.1 Å². The van der Waals surface area contributed by atoms with E-state index in [1.54, 1.807) is 0 Å². The summed E-state index contributed by atoms with van der Waals surface area (Å²) in [6.07, 6.45) is 6.10. The minimum absolute atomic E-state index is 0.665. The van der Waals surface area contributed by atoms with Crippen LogP contribution in [0.4, 0.5) is 0 Å². The fraction of sp³-hybridized carbons (Fsp3) is 0.0638. The molecule has 0 radical (unpaired) electrons. The van der Waals surface area contributed by atoms with Crippen molar-refractivity contribution in [3.05, 3.63) is 187 Å². The molecule has 51 heavy (non-hydrogen) atoms. The zero-order valence-corrected chi connectivity index (χ0v) is 29.0. The molecule has 0 amide bonds. The average molecular weight is 659 g/mol. The molecule has 2 heterocycles. The van der Waals surface area contributed by atoms with Crippen molar-refractivity contribution < 1.29 is 0 Å². The van der Waals surface area contributed by atoms with Gasteiger partial charge in [-0.1, -0.05) is 140 Å². The van der Waals surface area contributed by atoms with Crippen LogP contribution >= 0.6 is 0 Å². The number of hydrogen-bond acceptors (Lipinski definition) is 4. The van der Waals surface area contributed by atoms with E-state index in [1.165, 1.54) is 27.5 Å². The van der Waals surface area contributed by atoms with Crippen molar-refractivity contribution in [1.29, 1.82) is 0 Å². The van der Waals surface area contributed by atoms with Crippen LogP contribution < -0.4 is 0 Å². The molecule has 0 unspecified atom stereocenters. The zero-order valence-electron chi connectivity index (χ0n) is 29.0. The second-order valence-electron chi connectivity index (χ2n) is 12.4. The minimum atomic E-state index is 0.665. The third-order valence-electron chi connectivity index (χ3n) is 8.78. The predicted molar refractivity (Wildman–Crippen MR) is 213 cm³/mol. The van der Waals surface area contributed by atoms with Crippen LogP contribution in [-0.4, -0.2) is 19.9 Å². The van der Waals surface area contributed by atoms with Gasteiger partial charge in [-0.3, -0.25) is 4.98 Å². The van der Waals surface area contributed by atoms with Gasteiger partial charge in [0, 0.05) is 28.5 Å². The molecule has 8 rings (SSSR count). The summed E-state index contributed by atoms with van der Waals surface area (Å²) in [5.74, 6) is 2.00. The maximum Gasteiger partial charge on any atom is 0.164 e. The second kappa shape index (κ2) is 15.4. The van der Waals surface area contributed by atoms with E-state index in [0.29, 0.717) is 17.5 Å². The molecular weight excluding hydrogens is 621 g/mol. The van der Waals surface area contributed by atoms with Gasteiger partial charge in [0.1, 0.15) is 0 Å². The predicted octanol–water partition coefficient (Wildman–Crippen LogP) is 12.1. The Balaban J connectivity index is 0.000000285. The van der Waals surface area contributed by atoms with E-state index >= 15 is 0 Å². The lowest BCUT2D eigenvalue weighted by molar-refractivity contribution is 1.07. The number of hydrogen-bond donors (Lipinski definition) is 0. The van der Waals surface area contributed by atoms with Crippen molar-refractivity contribution in [1.82, 2.24) is 19.9 Å². The summed E-state index contributed by atoms with van der Waals surface area (Å²) in [4.78, 5) is 19.0. The summed E-state index contributed by atoms with van der Waals surface area (Å²) in [5.41, 5.74) is 11.1. The molecular formula is C47H38N4. The molecule has 4 heteroatoms. The molecule has 6 aromatic carbocycles. The second-order valence-corrected chi connectivity index (χ2v) is 12.4. The molecule has 0 aliphatic heterocycles. The first-order valence-corrected chi connectivity index (χ1v) is 17.2. The summed E-state index contributed by atoms with van der Waals surface area (Å²) in [7, 11) is 0. The summed E-state index contributed by atoms with van der Waals surface area (Å²) >= 11 is 0. The van der Waals surface area contributed by atoms with Gasteiger partial charge in [0.2, 0.25) is 0 Å². The van der Waals surface area contributed by atoms with Gasteiger partial charge in [-0.05, 0) is 89.7 Å². The molecule has 8 aromatic rings. The Hall–Kier alpha value is -6.52. The average Bonchev–Trinajstić information content (AvgIpc) is 3.20. The van der Waals surface area contributed by atoms with Gasteiger partial charge >= 0.3 is 0 Å². The van der Waals surface area contributed by atoms with Gasteiger partial charge < -0.3 is 0 Å². The van der Waals surface area contributed by atoms with Gasteiger partial charge in [0.05, 0.1) is 5.69 Å². The molecule has 2 aromatic heterocycles. The number of aromatic nitrogens is 4. The Morgan fingerprint density at radius 1 is 0.451 bits per heavy atom. The lowest BCUT2D eigenvalue weighted by Gasteiger charge is -2.15. The molecule has 246 valence electrons. The van der Waals surface area contributed by atoms with Crippen LogP contribution in [0.5, 0.6) is 0 Å². The number of benzene rings is 6. The monoisotopic (exact) mass is 658 g/mol. The molecule has 0 spiro atoms. The highest BCUT2D eigenvalue weighted by Gasteiger charge is 2.15. The Labute approximate surface area is 299 Å². The van der Waals surface area contributed by atoms with Crippen LogP contribution in [0.1, 0.15) is 23.6 Å². The Morgan fingerprint density at radius 3 is 1.53 bits per heavy atom. The highest BCUT2D eigenvalue weighted by atomic mass is 15.0. The number of fused-ring (bicyclic) bond motifs is 1. The molecule has 0 fully saturated rings. The van der Waals surface area contributed by atoms with Gasteiger partial charge in [-0.2, -0.15) is 0 Å². The first-order chi connectivity index (χ1) is 25.1. The first-order valence-electron chi connectivity index (χ1n) is 17.2. The van der Waals surface area contributed by atoms with Crippen LogP contribution in [0.2, 0.25) is 0 Å². The quantitative estimate of drug-likeness (QED) is 0.178. The maximum absolute atomic E-state index is 4.97. The van der Waals surface area contributed by atoms with Crippen LogP contribution in [0.25, 0.3) is 73.4 Å². The van der Waals surface area contributed by atoms with Gasteiger partial charge in [0.15, 0.2) is 17.5 Å². The maximum atomic E-state index is 4.97. The fourth-order valence-electron chi connectivity index (χ4n) is 6.28. The van der Waals surface area contributed by atoms with E-state index in [4.69, 9.17) is 15.0 Å². The smallest absolute Gasteiger partial charge is 0.164 e. The largest absolute Gasteiger partial charge is 0.256 e. The number of pyridine rings is 1. The van der Waals surface area contributed by atoms with Crippen molar-refractivity contribution in [3.8, 4) is 56.5 Å². The zero-order chi connectivity index (χ0) is 35.0. The van der Waals surface area contributed by atoms with E-state index in [2.05, 4.69) is 98.6 Å². The van der Waals surface area contributed by atoms with Crippen molar-refractivity contribution in [2.75, 3.05) is 0 Å². The number of allylic oxidation sites excluding steroid dienone is 1. The fourth-order valence-corrected chi connectivity index (χ4v) is 6.28. The van der Waals surface area contributed by atoms with Crippen LogP contribution in [0.15, 0.2) is 170 Å². The lowest BCUT2D eigenvalue weighted by atomic mass is 9.90. The third-order valence-corrected chi connectivity index (χ3v) is 8.78. The first kappa shape index (κ1) is 33.0. The molecule has 0 saturated carbocycles. The van der Waals surface area contributed by atoms with E-state index in [9.17, 15) is 0 Å². The van der Waals surface area contributed by atoms with Gasteiger partial charge in [0.25, 0.3) is 0 Å². The van der Waals surface area contributed by atoms with Crippen molar-refractivity contribution in [3.63, 3.8) is 0 Å². The number of rotatable bonds is 6. The molecule has 0 atom stereocenters. The molecule has 0 N–H and O–H groups in total. The molecule has 0 saturated heterocycles. The highest BCUT2D eigenvalue weighted by Crippen LogP contribution is 2.36. The summed E-state index contributed by atoms with van der Waals surface area (Å²) in [6.45, 7) is 6.40. The molecule has 0 aliphatic rings. The molecule has 0 aliphatic carbocycles. The Kier molecular flexibility index (Phi) is 9.94. The SMILES string of the molecule is C/C=C\c1cc(-c2cc(C)cc(-c3nc(-c4ccccc4)nc(-c4ccccc4)n3)c2)c2ccccc2c1C.c1ccc(-c2ccccn2)cc1. The molecule has 0 bridgehead atoms. The van der Waals surface area contributed by atoms with E-state index < -0.39 is 0 Å². The van der Waals surface area contributed by atoms with E-state index in [-0.39, 0.29) is 0 Å². The summed E-state index contributed by atoms with van der Waals surface area (Å²) in [6, 6.07) is 53.9. The highest BCUT2D eigenvalue weighted by molar-refractivity contribution is 6.01. The van der Waals surface area contributed by atoms with Crippen LogP contribution in [0.3, 0.4) is 0 Å². The summed E-state index contributed by atoms with van der Waals surface area (Å²) < 4.78 is 0. The van der Waals surface area contributed by atoms with Crippen molar-refractivity contribution in [2.24, 2.45) is 0 Å². The van der Waals surface area contributed by atoms with Crippen LogP contribution in [-0.2, 0) is 0 Å². The van der Waals surface area contributed by atoms with E-state index in [1.807, 2.05) is 103 Å². The topological polar surface area (TPSA) is 51.6 Å². The Morgan fingerprint density at radius 2 is 0.961 bits per heavy atom. The van der Waals surface area contributed by atoms with Gasteiger partial charge in [-0.15, -0.1) is 0 Å². The lowest BCUT2D eigenvalue weighted by Crippen LogP contribution is -2.00. The molecule has 4 nitrogen and oxygen atoms in total. The van der Waals surface area contributed by atoms with Crippen molar-refractivity contribution >= 4 is 16.8 Å².